The Kier molecular flexibility index (Phi) is 6.26. The molecule has 0 heterocycles. The zero-order valence-electron chi connectivity index (χ0n) is 11.0. The van der Waals surface area contributed by atoms with Crippen molar-refractivity contribution in [2.24, 2.45) is 5.41 Å². The number of aliphatic hydroxyl groups is 1. The smallest absolute Gasteiger partial charge is 0.123 e. The molecule has 2 N–H and O–H groups in total. The molecular weight excluding hydrogens is 297 g/mol. The van der Waals surface area contributed by atoms with Gasteiger partial charge in [0.05, 0.1) is 0 Å². The van der Waals surface area contributed by atoms with Crippen LogP contribution in [0.5, 0.6) is 0 Å². The highest BCUT2D eigenvalue weighted by atomic mass is 79.9. The lowest BCUT2D eigenvalue weighted by atomic mass is 9.88. The predicted octanol–water partition coefficient (Wildman–Crippen LogP) is 3.48. The summed E-state index contributed by atoms with van der Waals surface area (Å²) in [4.78, 5) is 0. The fourth-order valence-corrected chi connectivity index (χ4v) is 2.25. The summed E-state index contributed by atoms with van der Waals surface area (Å²) in [5, 5.41) is 12.2. The van der Waals surface area contributed by atoms with Crippen molar-refractivity contribution in [3.8, 4) is 0 Å². The summed E-state index contributed by atoms with van der Waals surface area (Å²) in [6.07, 6.45) is 1.79. The number of benzene rings is 1. The Bertz CT molecular complexity index is 382. The molecule has 4 heteroatoms. The van der Waals surface area contributed by atoms with Crippen LogP contribution in [-0.4, -0.2) is 18.3 Å². The highest BCUT2D eigenvalue weighted by Crippen LogP contribution is 2.22. The number of nitrogens with one attached hydrogen (secondary N) is 1. The molecule has 18 heavy (non-hydrogen) atoms. The van der Waals surface area contributed by atoms with Crippen LogP contribution < -0.4 is 5.32 Å². The van der Waals surface area contributed by atoms with Crippen LogP contribution in [0, 0.1) is 11.2 Å². The minimum Gasteiger partial charge on any atom is -0.396 e. The first kappa shape index (κ1) is 15.6. The maximum Gasteiger partial charge on any atom is 0.123 e. The van der Waals surface area contributed by atoms with Gasteiger partial charge in [-0.1, -0.05) is 29.8 Å². The summed E-state index contributed by atoms with van der Waals surface area (Å²) in [6, 6.07) is 4.71. The van der Waals surface area contributed by atoms with Gasteiger partial charge in [-0.15, -0.1) is 0 Å². The summed E-state index contributed by atoms with van der Waals surface area (Å²) in [6.45, 7) is 6.04. The molecule has 0 unspecified atom stereocenters. The van der Waals surface area contributed by atoms with Crippen molar-refractivity contribution in [3.05, 3.63) is 34.1 Å². The molecule has 0 amide bonds. The molecule has 102 valence electrons. The number of halogens is 2. The second kappa shape index (κ2) is 7.22. The van der Waals surface area contributed by atoms with Crippen LogP contribution in [0.15, 0.2) is 22.7 Å². The van der Waals surface area contributed by atoms with Gasteiger partial charge >= 0.3 is 0 Å². The Morgan fingerprint density at radius 1 is 1.39 bits per heavy atom. The van der Waals surface area contributed by atoms with Gasteiger partial charge in [-0.25, -0.2) is 4.39 Å². The number of hydrogen-bond donors (Lipinski definition) is 2. The Morgan fingerprint density at radius 2 is 2.11 bits per heavy atom. The van der Waals surface area contributed by atoms with E-state index in [1.54, 1.807) is 6.07 Å². The van der Waals surface area contributed by atoms with Gasteiger partial charge in [0.2, 0.25) is 0 Å². The normalized spacial score (nSPS) is 11.8. The largest absolute Gasteiger partial charge is 0.396 e. The van der Waals surface area contributed by atoms with Crippen molar-refractivity contribution in [1.29, 1.82) is 0 Å². The highest BCUT2D eigenvalue weighted by molar-refractivity contribution is 9.10. The van der Waals surface area contributed by atoms with Crippen LogP contribution in [0.3, 0.4) is 0 Å². The molecule has 0 atom stereocenters. The molecule has 0 aromatic heterocycles. The standard InChI is InChI=1S/C14H21BrFNO/c1-14(2,6-3-7-18)10-17-9-11-8-12(16)4-5-13(11)15/h4-5,8,17-18H,3,6-7,9-10H2,1-2H3. The summed E-state index contributed by atoms with van der Waals surface area (Å²) in [5.74, 6) is -0.213. The van der Waals surface area contributed by atoms with Gasteiger partial charge in [0.1, 0.15) is 5.82 Å². The topological polar surface area (TPSA) is 32.3 Å². The molecule has 0 bridgehead atoms. The summed E-state index contributed by atoms with van der Waals surface area (Å²) in [5.41, 5.74) is 1.07. The van der Waals surface area contributed by atoms with Gasteiger partial charge in [0.25, 0.3) is 0 Å². The van der Waals surface area contributed by atoms with E-state index in [9.17, 15) is 4.39 Å². The predicted molar refractivity (Wildman–Crippen MR) is 75.9 cm³/mol. The minimum absolute atomic E-state index is 0.141. The van der Waals surface area contributed by atoms with Crippen LogP contribution in [0.4, 0.5) is 4.39 Å². The molecule has 0 radical (unpaired) electrons. The monoisotopic (exact) mass is 317 g/mol. The van der Waals surface area contributed by atoms with E-state index in [0.717, 1.165) is 29.4 Å². The summed E-state index contributed by atoms with van der Waals surface area (Å²) in [7, 11) is 0. The molecule has 1 aromatic rings. The maximum atomic E-state index is 13.1. The molecule has 0 aliphatic heterocycles. The van der Waals surface area contributed by atoms with Gasteiger partial charge in [-0.05, 0) is 42.0 Å². The molecule has 0 aliphatic rings. The molecule has 0 fully saturated rings. The maximum absolute atomic E-state index is 13.1. The molecule has 0 aliphatic carbocycles. The van der Waals surface area contributed by atoms with E-state index in [4.69, 9.17) is 5.11 Å². The van der Waals surface area contributed by atoms with Gasteiger partial charge < -0.3 is 10.4 Å². The first-order chi connectivity index (χ1) is 8.44. The highest BCUT2D eigenvalue weighted by Gasteiger charge is 2.16. The van der Waals surface area contributed by atoms with Crippen LogP contribution in [0.1, 0.15) is 32.3 Å². The third-order valence-corrected chi connectivity index (χ3v) is 3.71. The zero-order valence-corrected chi connectivity index (χ0v) is 12.6. The molecule has 1 aromatic carbocycles. The lowest BCUT2D eigenvalue weighted by Gasteiger charge is -2.24. The van der Waals surface area contributed by atoms with E-state index in [2.05, 4.69) is 35.1 Å². The van der Waals surface area contributed by atoms with Gasteiger partial charge in [0, 0.05) is 24.2 Å². The molecule has 2 nitrogen and oxygen atoms in total. The van der Waals surface area contributed by atoms with Gasteiger partial charge in [-0.2, -0.15) is 0 Å². The quantitative estimate of drug-likeness (QED) is 0.807. The first-order valence-electron chi connectivity index (χ1n) is 6.20. The van der Waals surface area contributed by atoms with E-state index < -0.39 is 0 Å². The Balaban J connectivity index is 2.43. The van der Waals surface area contributed by atoms with Crippen LogP contribution in [0.2, 0.25) is 0 Å². The van der Waals surface area contributed by atoms with E-state index >= 15 is 0 Å². The van der Waals surface area contributed by atoms with E-state index in [-0.39, 0.29) is 17.8 Å². The van der Waals surface area contributed by atoms with E-state index in [0.29, 0.717) is 6.54 Å². The molecular formula is C14H21BrFNO. The van der Waals surface area contributed by atoms with Crippen molar-refractivity contribution in [1.82, 2.24) is 5.32 Å². The Morgan fingerprint density at radius 3 is 2.78 bits per heavy atom. The molecule has 0 saturated carbocycles. The Labute approximate surface area is 117 Å². The fraction of sp³-hybridized carbons (Fsp3) is 0.571. The second-order valence-corrected chi connectivity index (χ2v) is 6.18. The molecule has 0 spiro atoms. The third kappa shape index (κ3) is 5.46. The van der Waals surface area contributed by atoms with Crippen molar-refractivity contribution in [3.63, 3.8) is 0 Å². The summed E-state index contributed by atoms with van der Waals surface area (Å²) < 4.78 is 14.0. The first-order valence-corrected chi connectivity index (χ1v) is 6.99. The van der Waals surface area contributed by atoms with Crippen molar-refractivity contribution in [2.75, 3.05) is 13.2 Å². The van der Waals surface area contributed by atoms with E-state index in [1.807, 2.05) is 0 Å². The average Bonchev–Trinajstić information content (AvgIpc) is 2.31. The van der Waals surface area contributed by atoms with Gasteiger partial charge in [-0.3, -0.25) is 0 Å². The van der Waals surface area contributed by atoms with Crippen LogP contribution >= 0.6 is 15.9 Å². The number of hydrogen-bond acceptors (Lipinski definition) is 2. The van der Waals surface area contributed by atoms with Crippen molar-refractivity contribution < 1.29 is 9.50 Å². The lowest BCUT2D eigenvalue weighted by Crippen LogP contribution is -2.29. The minimum atomic E-state index is -0.213. The lowest BCUT2D eigenvalue weighted by molar-refractivity contribution is 0.236. The van der Waals surface area contributed by atoms with Crippen LogP contribution in [-0.2, 0) is 6.54 Å². The van der Waals surface area contributed by atoms with Gasteiger partial charge in [0.15, 0.2) is 0 Å². The molecule has 1 rings (SSSR count). The SMILES string of the molecule is CC(C)(CCCO)CNCc1cc(F)ccc1Br. The third-order valence-electron chi connectivity index (χ3n) is 2.94. The van der Waals surface area contributed by atoms with E-state index in [1.165, 1.54) is 12.1 Å². The van der Waals surface area contributed by atoms with Crippen LogP contribution in [0.25, 0.3) is 0 Å². The zero-order chi connectivity index (χ0) is 13.6. The van der Waals surface area contributed by atoms with Crippen molar-refractivity contribution in [2.45, 2.75) is 33.2 Å². The second-order valence-electron chi connectivity index (χ2n) is 5.33. The average molecular weight is 318 g/mol. The Hall–Kier alpha value is -0.450. The number of aliphatic hydroxyl groups excluding tert-OH is 1. The summed E-state index contributed by atoms with van der Waals surface area (Å²) >= 11 is 3.41. The number of rotatable bonds is 7. The molecule has 0 saturated heterocycles. The fourth-order valence-electron chi connectivity index (χ4n) is 1.86. The van der Waals surface area contributed by atoms with Crippen molar-refractivity contribution >= 4 is 15.9 Å².